The average molecular weight is 450 g/mol. The summed E-state index contributed by atoms with van der Waals surface area (Å²) in [6, 6.07) is 5.69. The second kappa shape index (κ2) is 8.27. The molecule has 12 heteroatoms. The van der Waals surface area contributed by atoms with E-state index in [1.165, 1.54) is 13.0 Å². The number of aromatic carboxylic acids is 1. The number of carboxylic acid groups (broad SMARTS) is 1. The van der Waals surface area contributed by atoms with E-state index >= 15 is 0 Å². The summed E-state index contributed by atoms with van der Waals surface area (Å²) < 4.78 is 52.5. The van der Waals surface area contributed by atoms with Gasteiger partial charge in [-0.05, 0) is 30.7 Å². The topological polar surface area (TPSA) is 140 Å². The lowest BCUT2D eigenvalue weighted by atomic mass is 9.98. The number of carboxylic acids is 1. The normalized spacial score (nSPS) is 13.9. The number of anilines is 1. The number of nitrogens with zero attached hydrogens (tertiary/aromatic N) is 3. The van der Waals surface area contributed by atoms with Gasteiger partial charge in [0.1, 0.15) is 11.9 Å². The number of nitrogens with one attached hydrogen (secondary N) is 1. The van der Waals surface area contributed by atoms with Crippen molar-refractivity contribution in [2.45, 2.75) is 12.7 Å². The molecule has 2 aromatic rings. The zero-order valence-corrected chi connectivity index (χ0v) is 16.9. The molecule has 9 nitrogen and oxygen atoms in total. The summed E-state index contributed by atoms with van der Waals surface area (Å²) in [5.74, 6) is -5.53. The summed E-state index contributed by atoms with van der Waals surface area (Å²) in [5, 5.41) is 18.4. The maximum Gasteiger partial charge on any atom is 0.337 e. The number of hydrogen-bond acceptors (Lipinski definition) is 7. The van der Waals surface area contributed by atoms with Gasteiger partial charge in [0, 0.05) is 13.1 Å². The summed E-state index contributed by atoms with van der Waals surface area (Å²) in [7, 11) is -4.14. The number of amides is 1. The highest BCUT2D eigenvalue weighted by Gasteiger charge is 2.36. The predicted octanol–water partition coefficient (Wildman–Crippen LogP) is 1.32. The van der Waals surface area contributed by atoms with E-state index in [2.05, 4.69) is 4.98 Å². The highest BCUT2D eigenvalue weighted by atomic mass is 32.2. The summed E-state index contributed by atoms with van der Waals surface area (Å²) in [6.07, 6.45) is 0. The maximum absolute atomic E-state index is 13.2. The monoisotopic (exact) mass is 450 g/mol. The molecular weight excluding hydrogens is 434 g/mol. The molecule has 162 valence electrons. The van der Waals surface area contributed by atoms with Crippen molar-refractivity contribution in [2.75, 3.05) is 18.0 Å². The van der Waals surface area contributed by atoms with E-state index in [9.17, 15) is 32.0 Å². The van der Waals surface area contributed by atoms with Gasteiger partial charge in [0.25, 0.3) is 0 Å². The largest absolute Gasteiger partial charge is 0.478 e. The molecule has 0 unspecified atom stereocenters. The zero-order chi connectivity index (χ0) is 22.9. The molecule has 0 bridgehead atoms. The lowest BCUT2D eigenvalue weighted by molar-refractivity contribution is -0.123. The Hall–Kier alpha value is -3.59. The summed E-state index contributed by atoms with van der Waals surface area (Å²) in [5.41, 5.74) is 0.0843. The van der Waals surface area contributed by atoms with E-state index in [0.29, 0.717) is 0 Å². The van der Waals surface area contributed by atoms with Crippen LogP contribution in [0.25, 0.3) is 0 Å². The number of carbonyl (C=O) groups is 2. The minimum absolute atomic E-state index is 0.0211. The van der Waals surface area contributed by atoms with Crippen LogP contribution >= 0.6 is 0 Å². The Bertz CT molecular complexity index is 1220. The Labute approximate surface area is 176 Å². The fourth-order valence-electron chi connectivity index (χ4n) is 3.07. The maximum atomic E-state index is 13.2. The number of sulfonamides is 1. The Balaban J connectivity index is 1.65. The van der Waals surface area contributed by atoms with Gasteiger partial charge in [-0.1, -0.05) is 6.07 Å². The van der Waals surface area contributed by atoms with Crippen molar-refractivity contribution in [3.8, 4) is 6.07 Å². The first-order valence-corrected chi connectivity index (χ1v) is 10.5. The first-order valence-electron chi connectivity index (χ1n) is 8.89. The minimum atomic E-state index is -4.14. The second-order valence-corrected chi connectivity index (χ2v) is 8.71. The number of aromatic nitrogens is 1. The van der Waals surface area contributed by atoms with E-state index in [4.69, 9.17) is 5.11 Å². The number of pyridine rings is 1. The lowest BCUT2D eigenvalue weighted by Crippen LogP contribution is -2.55. The van der Waals surface area contributed by atoms with Crippen LogP contribution in [0.5, 0.6) is 0 Å². The van der Waals surface area contributed by atoms with Gasteiger partial charge in [0.05, 0.1) is 28.5 Å². The molecule has 1 aliphatic heterocycles. The van der Waals surface area contributed by atoms with Gasteiger partial charge >= 0.3 is 5.97 Å². The molecule has 1 amide bonds. The van der Waals surface area contributed by atoms with Crippen molar-refractivity contribution >= 4 is 27.7 Å². The van der Waals surface area contributed by atoms with Crippen molar-refractivity contribution in [3.63, 3.8) is 0 Å². The molecule has 0 saturated carbocycles. The highest BCUT2D eigenvalue weighted by molar-refractivity contribution is 7.89. The number of rotatable bonds is 6. The predicted molar refractivity (Wildman–Crippen MR) is 103 cm³/mol. The Kier molecular flexibility index (Phi) is 5.90. The number of nitriles is 1. The molecule has 1 aromatic carbocycles. The van der Waals surface area contributed by atoms with Crippen LogP contribution in [-0.4, -0.2) is 43.5 Å². The van der Waals surface area contributed by atoms with Crippen LogP contribution in [0.1, 0.15) is 27.2 Å². The van der Waals surface area contributed by atoms with Gasteiger partial charge in [-0.3, -0.25) is 9.52 Å². The van der Waals surface area contributed by atoms with Crippen molar-refractivity contribution in [3.05, 3.63) is 58.3 Å². The van der Waals surface area contributed by atoms with Crippen LogP contribution in [0.4, 0.5) is 14.6 Å². The molecule has 1 aromatic heterocycles. The Morgan fingerprint density at radius 2 is 1.97 bits per heavy atom. The quantitative estimate of drug-likeness (QED) is 0.671. The van der Waals surface area contributed by atoms with Crippen LogP contribution in [0.2, 0.25) is 0 Å². The second-order valence-electron chi connectivity index (χ2n) is 6.99. The zero-order valence-electron chi connectivity index (χ0n) is 16.1. The fraction of sp³-hybridized carbons (Fsp3) is 0.263. The van der Waals surface area contributed by atoms with Crippen LogP contribution < -0.4 is 9.62 Å². The highest BCUT2D eigenvalue weighted by Crippen LogP contribution is 2.28. The van der Waals surface area contributed by atoms with Crippen LogP contribution in [0.3, 0.4) is 0 Å². The standard InChI is InChI=1S/C19H16F2N4O5S/c1-10-14(19(27)28)5-12(6-22)17(23-10)25-7-13(8-25)18(26)24-31(29,30)9-11-2-3-15(20)16(21)4-11/h2-5,13H,7-9H2,1H3,(H,24,26)(H,27,28). The van der Waals surface area contributed by atoms with Gasteiger partial charge in [0.2, 0.25) is 15.9 Å². The number of hydrogen-bond donors (Lipinski definition) is 2. The third-order valence-corrected chi connectivity index (χ3v) is 5.92. The fourth-order valence-corrected chi connectivity index (χ4v) is 4.24. The Morgan fingerprint density at radius 3 is 2.55 bits per heavy atom. The minimum Gasteiger partial charge on any atom is -0.478 e. The molecule has 0 spiro atoms. The van der Waals surface area contributed by atoms with E-state index < -0.39 is 45.2 Å². The van der Waals surface area contributed by atoms with Gasteiger partial charge in [-0.25, -0.2) is 27.0 Å². The average Bonchev–Trinajstić information content (AvgIpc) is 2.62. The Morgan fingerprint density at radius 1 is 1.29 bits per heavy atom. The number of carbonyl (C=O) groups excluding carboxylic acids is 1. The summed E-state index contributed by atoms with van der Waals surface area (Å²) in [6.45, 7) is 1.61. The molecule has 2 heterocycles. The van der Waals surface area contributed by atoms with Crippen LogP contribution in [0, 0.1) is 35.8 Å². The van der Waals surface area contributed by atoms with Gasteiger partial charge in [0.15, 0.2) is 11.6 Å². The first-order chi connectivity index (χ1) is 14.5. The van der Waals surface area contributed by atoms with E-state index in [-0.39, 0.29) is 41.3 Å². The van der Waals surface area contributed by atoms with E-state index in [1.54, 1.807) is 4.90 Å². The molecule has 0 aliphatic carbocycles. The molecular formula is C19H16F2N4O5S. The molecule has 1 fully saturated rings. The number of halogens is 2. The molecule has 2 N–H and O–H groups in total. The third kappa shape index (κ3) is 4.77. The van der Waals surface area contributed by atoms with E-state index in [1.807, 2.05) is 10.8 Å². The molecule has 31 heavy (non-hydrogen) atoms. The van der Waals surface area contributed by atoms with Crippen molar-refractivity contribution in [1.82, 2.24) is 9.71 Å². The summed E-state index contributed by atoms with van der Waals surface area (Å²) in [4.78, 5) is 29.2. The molecule has 1 aliphatic rings. The van der Waals surface area contributed by atoms with Crippen LogP contribution in [0.15, 0.2) is 24.3 Å². The van der Waals surface area contributed by atoms with Gasteiger partial charge in [-0.15, -0.1) is 0 Å². The lowest BCUT2D eigenvalue weighted by Gasteiger charge is -2.39. The molecule has 1 saturated heterocycles. The third-order valence-electron chi connectivity index (χ3n) is 4.69. The number of benzene rings is 1. The van der Waals surface area contributed by atoms with Gasteiger partial charge in [-0.2, -0.15) is 5.26 Å². The molecule has 0 atom stereocenters. The van der Waals surface area contributed by atoms with Gasteiger partial charge < -0.3 is 10.0 Å². The first kappa shape index (κ1) is 22.1. The number of aryl methyl sites for hydroxylation is 1. The van der Waals surface area contributed by atoms with E-state index in [0.717, 1.165) is 18.2 Å². The van der Waals surface area contributed by atoms with Crippen molar-refractivity contribution < 1.29 is 31.9 Å². The molecule has 0 radical (unpaired) electrons. The summed E-state index contributed by atoms with van der Waals surface area (Å²) >= 11 is 0. The molecule has 3 rings (SSSR count). The van der Waals surface area contributed by atoms with Crippen molar-refractivity contribution in [2.24, 2.45) is 5.92 Å². The van der Waals surface area contributed by atoms with Crippen molar-refractivity contribution in [1.29, 1.82) is 5.26 Å². The SMILES string of the molecule is Cc1nc(N2CC(C(=O)NS(=O)(=O)Cc3ccc(F)c(F)c3)C2)c(C#N)cc1C(=O)O. The smallest absolute Gasteiger partial charge is 0.337 e. The van der Waals surface area contributed by atoms with Crippen LogP contribution in [-0.2, 0) is 20.6 Å².